The van der Waals surface area contributed by atoms with Crippen LogP contribution in [-0.4, -0.2) is 9.97 Å². The quantitative estimate of drug-likeness (QED) is 0.172. The summed E-state index contributed by atoms with van der Waals surface area (Å²) in [6.07, 6.45) is 0. The van der Waals surface area contributed by atoms with E-state index in [0.29, 0.717) is 5.82 Å². The minimum atomic E-state index is -0.0895. The SMILES string of the molecule is CC1(C)c2cc3ccccc3cc2-c2c(-c3ccc(-c4cc(-c5ccc(-c6ccccc6)cc5-c5ccccc5)nc(-c5ccccc5)n4)cc3)cccc21. The van der Waals surface area contributed by atoms with E-state index in [1.807, 2.05) is 18.2 Å². The molecule has 1 aromatic heterocycles. The fraction of sp³-hybridized carbons (Fsp3) is 0.0566. The van der Waals surface area contributed by atoms with Crippen LogP contribution in [0.5, 0.6) is 0 Å². The van der Waals surface area contributed by atoms with Gasteiger partial charge in [-0.2, -0.15) is 0 Å². The zero-order valence-corrected chi connectivity index (χ0v) is 30.9. The number of hydrogen-bond donors (Lipinski definition) is 0. The smallest absolute Gasteiger partial charge is 0.160 e. The summed E-state index contributed by atoms with van der Waals surface area (Å²) < 4.78 is 0. The van der Waals surface area contributed by atoms with E-state index in [1.54, 1.807) is 0 Å². The predicted octanol–water partition coefficient (Wildman–Crippen LogP) is 13.9. The van der Waals surface area contributed by atoms with Crippen LogP contribution < -0.4 is 0 Å². The minimum absolute atomic E-state index is 0.0895. The Kier molecular flexibility index (Phi) is 7.85. The van der Waals surface area contributed by atoms with Gasteiger partial charge >= 0.3 is 0 Å². The lowest BCUT2D eigenvalue weighted by Crippen LogP contribution is -2.14. The molecule has 0 spiro atoms. The number of aromatic nitrogens is 2. The molecule has 0 N–H and O–H groups in total. The second-order valence-electron chi connectivity index (χ2n) is 15.0. The fourth-order valence-electron chi connectivity index (χ4n) is 8.42. The molecule has 0 atom stereocenters. The van der Waals surface area contributed by atoms with Crippen molar-refractivity contribution in [3.8, 4) is 78.4 Å². The minimum Gasteiger partial charge on any atom is -0.228 e. The molecular weight excluding hydrogens is 665 g/mol. The molecule has 9 aromatic rings. The van der Waals surface area contributed by atoms with Crippen LogP contribution >= 0.6 is 0 Å². The standard InChI is InChI=1S/C53H38N2/c1-53(2)47-24-14-23-43(51(47)46-32-40-21-12-13-22-41(40)33-48(46)53)37-25-27-38(28-26-37)49-34-50(55-52(54-49)39-19-10-5-11-20-39)44-30-29-42(35-15-6-3-7-16-35)31-45(44)36-17-8-4-9-18-36/h3-34H,1-2H3. The largest absolute Gasteiger partial charge is 0.228 e. The predicted molar refractivity (Wildman–Crippen MR) is 230 cm³/mol. The van der Waals surface area contributed by atoms with Crippen LogP contribution in [0.25, 0.3) is 89.2 Å². The van der Waals surface area contributed by atoms with Crippen LogP contribution in [0.3, 0.4) is 0 Å². The summed E-state index contributed by atoms with van der Waals surface area (Å²) in [4.78, 5) is 10.4. The van der Waals surface area contributed by atoms with Gasteiger partial charge in [0.05, 0.1) is 11.4 Å². The van der Waals surface area contributed by atoms with Gasteiger partial charge in [0.25, 0.3) is 0 Å². The molecule has 0 unspecified atom stereocenters. The monoisotopic (exact) mass is 702 g/mol. The first-order valence-electron chi connectivity index (χ1n) is 19.0. The lowest BCUT2D eigenvalue weighted by molar-refractivity contribution is 0.661. The van der Waals surface area contributed by atoms with Crippen molar-refractivity contribution in [1.29, 1.82) is 0 Å². The number of rotatable bonds is 6. The van der Waals surface area contributed by atoms with Crippen LogP contribution in [0.15, 0.2) is 194 Å². The molecule has 8 aromatic carbocycles. The van der Waals surface area contributed by atoms with Crippen LogP contribution in [0.2, 0.25) is 0 Å². The third kappa shape index (κ3) is 5.75. The van der Waals surface area contributed by atoms with Gasteiger partial charge in [0.2, 0.25) is 0 Å². The first-order chi connectivity index (χ1) is 27.0. The van der Waals surface area contributed by atoms with Crippen molar-refractivity contribution in [1.82, 2.24) is 9.97 Å². The second kappa shape index (κ2) is 13.2. The molecule has 0 fully saturated rings. The Morgan fingerprint density at radius 2 is 0.891 bits per heavy atom. The van der Waals surface area contributed by atoms with Gasteiger partial charge < -0.3 is 0 Å². The van der Waals surface area contributed by atoms with Crippen molar-refractivity contribution in [2.75, 3.05) is 0 Å². The molecule has 1 aliphatic carbocycles. The molecular formula is C53H38N2. The Bertz CT molecular complexity index is 2860. The van der Waals surface area contributed by atoms with Gasteiger partial charge in [-0.25, -0.2) is 9.97 Å². The molecule has 1 aliphatic rings. The molecule has 2 heteroatoms. The molecule has 260 valence electrons. The van der Waals surface area contributed by atoms with Crippen molar-refractivity contribution >= 4 is 10.8 Å². The summed E-state index contributed by atoms with van der Waals surface area (Å²) in [7, 11) is 0. The highest BCUT2D eigenvalue weighted by atomic mass is 14.9. The van der Waals surface area contributed by atoms with Crippen LogP contribution in [0.1, 0.15) is 25.0 Å². The third-order valence-corrected chi connectivity index (χ3v) is 11.3. The van der Waals surface area contributed by atoms with Gasteiger partial charge in [0.1, 0.15) is 0 Å². The normalized spacial score (nSPS) is 12.7. The highest BCUT2D eigenvalue weighted by molar-refractivity contribution is 5.98. The first kappa shape index (κ1) is 32.7. The first-order valence-corrected chi connectivity index (χ1v) is 19.0. The molecule has 55 heavy (non-hydrogen) atoms. The number of hydrogen-bond acceptors (Lipinski definition) is 2. The van der Waals surface area contributed by atoms with Crippen molar-refractivity contribution in [3.05, 3.63) is 205 Å². The van der Waals surface area contributed by atoms with Gasteiger partial charge in [0.15, 0.2) is 5.82 Å². The lowest BCUT2D eigenvalue weighted by Gasteiger charge is -2.22. The number of fused-ring (bicyclic) bond motifs is 4. The van der Waals surface area contributed by atoms with Gasteiger partial charge in [-0.3, -0.25) is 0 Å². The van der Waals surface area contributed by atoms with Gasteiger partial charge in [0, 0.05) is 22.1 Å². The van der Waals surface area contributed by atoms with E-state index in [4.69, 9.17) is 9.97 Å². The Morgan fingerprint density at radius 1 is 0.327 bits per heavy atom. The van der Waals surface area contributed by atoms with E-state index in [-0.39, 0.29) is 5.41 Å². The maximum Gasteiger partial charge on any atom is 0.160 e. The topological polar surface area (TPSA) is 25.8 Å². The molecule has 0 bridgehead atoms. The van der Waals surface area contributed by atoms with E-state index < -0.39 is 0 Å². The van der Waals surface area contributed by atoms with E-state index >= 15 is 0 Å². The molecule has 0 radical (unpaired) electrons. The summed E-state index contributed by atoms with van der Waals surface area (Å²) in [6.45, 7) is 4.71. The van der Waals surface area contributed by atoms with Crippen LogP contribution in [0, 0.1) is 0 Å². The summed E-state index contributed by atoms with van der Waals surface area (Å²) >= 11 is 0. The summed E-state index contributed by atoms with van der Waals surface area (Å²) in [5, 5.41) is 2.56. The number of benzene rings is 8. The molecule has 0 saturated heterocycles. The molecule has 0 amide bonds. The molecule has 2 nitrogen and oxygen atoms in total. The highest BCUT2D eigenvalue weighted by Crippen LogP contribution is 2.53. The fourth-order valence-corrected chi connectivity index (χ4v) is 8.42. The Balaban J connectivity index is 1.10. The van der Waals surface area contributed by atoms with E-state index in [2.05, 4.69) is 190 Å². The van der Waals surface area contributed by atoms with Crippen molar-refractivity contribution in [3.63, 3.8) is 0 Å². The van der Waals surface area contributed by atoms with E-state index in [1.165, 1.54) is 55.3 Å². The van der Waals surface area contributed by atoms with Crippen molar-refractivity contribution in [2.24, 2.45) is 0 Å². The maximum atomic E-state index is 5.24. The third-order valence-electron chi connectivity index (χ3n) is 11.3. The lowest BCUT2D eigenvalue weighted by atomic mass is 9.81. The molecule has 0 saturated carbocycles. The van der Waals surface area contributed by atoms with Crippen molar-refractivity contribution in [2.45, 2.75) is 19.3 Å². The van der Waals surface area contributed by atoms with Gasteiger partial charge in [-0.15, -0.1) is 0 Å². The van der Waals surface area contributed by atoms with E-state index in [9.17, 15) is 0 Å². The molecule has 10 rings (SSSR count). The summed E-state index contributed by atoms with van der Waals surface area (Å²) in [5.74, 6) is 0.704. The summed E-state index contributed by atoms with van der Waals surface area (Å²) in [6, 6.07) is 69.5. The Hall–Kier alpha value is -6.90. The Morgan fingerprint density at radius 3 is 1.60 bits per heavy atom. The van der Waals surface area contributed by atoms with Crippen LogP contribution in [0.4, 0.5) is 0 Å². The summed E-state index contributed by atoms with van der Waals surface area (Å²) in [5.41, 5.74) is 17.3. The average Bonchev–Trinajstić information content (AvgIpc) is 3.48. The highest BCUT2D eigenvalue weighted by Gasteiger charge is 2.37. The molecule has 1 heterocycles. The second-order valence-corrected chi connectivity index (χ2v) is 15.0. The average molecular weight is 703 g/mol. The Labute approximate surface area is 322 Å². The number of nitrogens with zero attached hydrogens (tertiary/aromatic N) is 2. The zero-order valence-electron chi connectivity index (χ0n) is 30.9. The molecule has 0 aliphatic heterocycles. The zero-order chi connectivity index (χ0) is 36.9. The van der Waals surface area contributed by atoms with Crippen LogP contribution in [-0.2, 0) is 5.41 Å². The van der Waals surface area contributed by atoms with Gasteiger partial charge in [-0.1, -0.05) is 184 Å². The maximum absolute atomic E-state index is 5.24. The van der Waals surface area contributed by atoms with Gasteiger partial charge in [-0.05, 0) is 90.7 Å². The van der Waals surface area contributed by atoms with Crippen molar-refractivity contribution < 1.29 is 0 Å². The van der Waals surface area contributed by atoms with E-state index in [0.717, 1.165) is 39.2 Å².